The maximum Gasteiger partial charge on any atom is 0.325 e. The van der Waals surface area contributed by atoms with E-state index in [1.807, 2.05) is 72.8 Å². The summed E-state index contributed by atoms with van der Waals surface area (Å²) >= 11 is 0. The minimum Gasteiger partial charge on any atom is -0.497 e. The van der Waals surface area contributed by atoms with Gasteiger partial charge in [0.25, 0.3) is 0 Å². The highest BCUT2D eigenvalue weighted by atomic mass is 31.2. The highest BCUT2D eigenvalue weighted by Crippen LogP contribution is 2.37. The van der Waals surface area contributed by atoms with Crippen molar-refractivity contribution < 1.29 is 28.6 Å². The first-order chi connectivity index (χ1) is 14.9. The molecule has 0 aromatic heterocycles. The van der Waals surface area contributed by atoms with Gasteiger partial charge in [0, 0.05) is 17.1 Å². The maximum atomic E-state index is 10.9. The van der Waals surface area contributed by atoms with E-state index in [0.717, 1.165) is 28.6 Å². The molecule has 0 atom stereocenters. The molecule has 0 radical (unpaired) electrons. The second-order valence-corrected chi connectivity index (χ2v) is 8.59. The Morgan fingerprint density at radius 3 is 1.45 bits per heavy atom. The molecule has 3 aromatic carbocycles. The second-order valence-electron chi connectivity index (χ2n) is 6.82. The number of methoxy groups -OCH3 is 2. The van der Waals surface area contributed by atoms with E-state index in [1.54, 1.807) is 14.2 Å². The number of nitrogens with zero attached hydrogens (tertiary/aromatic N) is 1. The molecule has 0 saturated heterocycles. The van der Waals surface area contributed by atoms with Gasteiger partial charge in [0.2, 0.25) is 0 Å². The molecule has 31 heavy (non-hydrogen) atoms. The molecule has 0 aliphatic heterocycles. The SMILES string of the molecule is COc1ccc(N(c2ccc(OC)cc2)c2ccc(OCCCP(=O)(O)O)cc2)cc1. The molecule has 0 aliphatic carbocycles. The van der Waals surface area contributed by atoms with E-state index in [1.165, 1.54) is 0 Å². The average Bonchev–Trinajstić information content (AvgIpc) is 2.78. The van der Waals surface area contributed by atoms with Crippen molar-refractivity contribution in [2.75, 3.05) is 31.9 Å². The first-order valence-electron chi connectivity index (χ1n) is 9.75. The van der Waals surface area contributed by atoms with E-state index < -0.39 is 7.60 Å². The minimum atomic E-state index is -3.99. The van der Waals surface area contributed by atoms with Crippen LogP contribution in [0.4, 0.5) is 17.1 Å². The van der Waals surface area contributed by atoms with Crippen molar-refractivity contribution >= 4 is 24.7 Å². The van der Waals surface area contributed by atoms with Gasteiger partial charge < -0.3 is 28.9 Å². The van der Waals surface area contributed by atoms with Crippen molar-refractivity contribution in [3.05, 3.63) is 72.8 Å². The Labute approximate surface area is 182 Å². The third kappa shape index (κ3) is 6.49. The van der Waals surface area contributed by atoms with Crippen LogP contribution in [0.15, 0.2) is 72.8 Å². The van der Waals surface area contributed by atoms with E-state index in [2.05, 4.69) is 4.90 Å². The summed E-state index contributed by atoms with van der Waals surface area (Å²) in [4.78, 5) is 20.0. The summed E-state index contributed by atoms with van der Waals surface area (Å²) in [5, 5.41) is 0. The fourth-order valence-electron chi connectivity index (χ4n) is 3.06. The van der Waals surface area contributed by atoms with Gasteiger partial charge in [-0.2, -0.15) is 0 Å². The number of hydrogen-bond donors (Lipinski definition) is 2. The molecule has 0 aliphatic rings. The van der Waals surface area contributed by atoms with Crippen molar-refractivity contribution in [1.29, 1.82) is 0 Å². The Balaban J connectivity index is 1.82. The highest BCUT2D eigenvalue weighted by molar-refractivity contribution is 7.51. The molecule has 0 fully saturated rings. The first kappa shape index (κ1) is 22.7. The highest BCUT2D eigenvalue weighted by Gasteiger charge is 2.14. The topological polar surface area (TPSA) is 88.5 Å². The number of ether oxygens (including phenoxy) is 3. The number of benzene rings is 3. The van der Waals surface area contributed by atoms with Gasteiger partial charge in [-0.05, 0) is 79.2 Å². The van der Waals surface area contributed by atoms with E-state index in [4.69, 9.17) is 24.0 Å². The van der Waals surface area contributed by atoms with Crippen LogP contribution in [-0.4, -0.2) is 36.8 Å². The smallest absolute Gasteiger partial charge is 0.325 e. The zero-order valence-corrected chi connectivity index (χ0v) is 18.4. The molecule has 2 N–H and O–H groups in total. The molecule has 0 amide bonds. The Hall–Kier alpha value is -2.99. The van der Waals surface area contributed by atoms with Crippen LogP contribution in [0.5, 0.6) is 17.2 Å². The van der Waals surface area contributed by atoms with Gasteiger partial charge in [-0.3, -0.25) is 4.57 Å². The molecule has 0 unspecified atom stereocenters. The standard InChI is InChI=1S/C23H26NO6P/c1-28-21-10-4-18(5-11-21)24(19-6-12-22(29-2)13-7-19)20-8-14-23(15-9-20)30-16-3-17-31(25,26)27/h4-15H,3,16-17H2,1-2H3,(H2,25,26,27). The van der Waals surface area contributed by atoms with Crippen LogP contribution >= 0.6 is 7.60 Å². The molecule has 0 spiro atoms. The predicted molar refractivity (Wildman–Crippen MR) is 121 cm³/mol. The molecule has 3 aromatic rings. The van der Waals surface area contributed by atoms with Crippen LogP contribution in [-0.2, 0) is 4.57 Å². The van der Waals surface area contributed by atoms with E-state index >= 15 is 0 Å². The van der Waals surface area contributed by atoms with Crippen molar-refractivity contribution in [1.82, 2.24) is 0 Å². The quantitative estimate of drug-likeness (QED) is 0.332. The first-order valence-corrected chi connectivity index (χ1v) is 11.5. The molecule has 0 bridgehead atoms. The summed E-state index contributed by atoms with van der Waals surface area (Å²) in [6.45, 7) is 0.241. The zero-order valence-electron chi connectivity index (χ0n) is 17.5. The molecule has 0 heterocycles. The summed E-state index contributed by atoms with van der Waals surface area (Å²) in [5.41, 5.74) is 2.85. The summed E-state index contributed by atoms with van der Waals surface area (Å²) in [6, 6.07) is 23.1. The Morgan fingerprint density at radius 1 is 0.710 bits per heavy atom. The van der Waals surface area contributed by atoms with Gasteiger partial charge in [-0.15, -0.1) is 0 Å². The summed E-state index contributed by atoms with van der Waals surface area (Å²) in [6.07, 6.45) is 0.101. The van der Waals surface area contributed by atoms with Gasteiger partial charge in [-0.25, -0.2) is 0 Å². The van der Waals surface area contributed by atoms with Crippen LogP contribution in [0.1, 0.15) is 6.42 Å². The Bertz CT molecular complexity index is 952. The fraction of sp³-hybridized carbons (Fsp3) is 0.217. The lowest BCUT2D eigenvalue weighted by atomic mass is 10.2. The number of hydrogen-bond acceptors (Lipinski definition) is 5. The predicted octanol–water partition coefficient (Wildman–Crippen LogP) is 5.12. The van der Waals surface area contributed by atoms with Gasteiger partial charge >= 0.3 is 7.60 Å². The number of anilines is 3. The van der Waals surface area contributed by atoms with Gasteiger partial charge in [0.15, 0.2) is 0 Å². The fourth-order valence-corrected chi connectivity index (χ4v) is 3.60. The lowest BCUT2D eigenvalue weighted by Crippen LogP contribution is -2.10. The largest absolute Gasteiger partial charge is 0.497 e. The van der Waals surface area contributed by atoms with Gasteiger partial charge in [-0.1, -0.05) is 0 Å². The van der Waals surface area contributed by atoms with Crippen LogP contribution in [0.2, 0.25) is 0 Å². The lowest BCUT2D eigenvalue weighted by molar-refractivity contribution is 0.309. The van der Waals surface area contributed by atoms with Crippen molar-refractivity contribution in [2.24, 2.45) is 0 Å². The number of rotatable bonds is 10. The lowest BCUT2D eigenvalue weighted by Gasteiger charge is -2.26. The van der Waals surface area contributed by atoms with Gasteiger partial charge in [0.05, 0.1) is 27.0 Å². The average molecular weight is 443 g/mol. The maximum absolute atomic E-state index is 10.9. The summed E-state index contributed by atoms with van der Waals surface area (Å²) < 4.78 is 27.1. The third-order valence-electron chi connectivity index (χ3n) is 4.62. The van der Waals surface area contributed by atoms with Gasteiger partial charge in [0.1, 0.15) is 17.2 Å². The normalized spacial score (nSPS) is 11.1. The van der Waals surface area contributed by atoms with Crippen LogP contribution in [0.3, 0.4) is 0 Å². The molecule has 7 nitrogen and oxygen atoms in total. The molecule has 164 valence electrons. The third-order valence-corrected chi connectivity index (χ3v) is 5.52. The molecule has 8 heteroatoms. The van der Waals surface area contributed by atoms with Crippen LogP contribution in [0.25, 0.3) is 0 Å². The molecular weight excluding hydrogens is 417 g/mol. The molecule has 0 saturated carbocycles. The molecule has 3 rings (SSSR count). The van der Waals surface area contributed by atoms with Crippen LogP contribution in [0, 0.1) is 0 Å². The summed E-state index contributed by atoms with van der Waals surface area (Å²) in [5.74, 6) is 2.19. The minimum absolute atomic E-state index is 0.187. The van der Waals surface area contributed by atoms with Crippen LogP contribution < -0.4 is 19.1 Å². The van der Waals surface area contributed by atoms with Crippen molar-refractivity contribution in [3.8, 4) is 17.2 Å². The monoisotopic (exact) mass is 443 g/mol. The molecular formula is C23H26NO6P. The zero-order chi connectivity index (χ0) is 22.3. The van der Waals surface area contributed by atoms with Crippen molar-refractivity contribution in [3.63, 3.8) is 0 Å². The van der Waals surface area contributed by atoms with E-state index in [0.29, 0.717) is 5.75 Å². The van der Waals surface area contributed by atoms with E-state index in [9.17, 15) is 4.57 Å². The Morgan fingerprint density at radius 2 is 1.10 bits per heavy atom. The summed E-state index contributed by atoms with van der Waals surface area (Å²) in [7, 11) is -0.725. The Kier molecular flexibility index (Phi) is 7.58. The second kappa shape index (κ2) is 10.4. The van der Waals surface area contributed by atoms with E-state index in [-0.39, 0.29) is 19.2 Å². The van der Waals surface area contributed by atoms with Crippen molar-refractivity contribution in [2.45, 2.75) is 6.42 Å².